The molecule has 3 N–H and O–H groups in total. The van der Waals surface area contributed by atoms with Gasteiger partial charge in [-0.05, 0) is 20.8 Å². The Morgan fingerprint density at radius 1 is 0.850 bits per heavy atom. The van der Waals surface area contributed by atoms with Gasteiger partial charge in [0.25, 0.3) is 0 Å². The van der Waals surface area contributed by atoms with Crippen molar-refractivity contribution in [3.05, 3.63) is 0 Å². The molecule has 0 saturated heterocycles. The molecule has 0 aliphatic rings. The van der Waals surface area contributed by atoms with E-state index in [9.17, 15) is 14.4 Å². The molecule has 0 aromatic rings. The summed E-state index contributed by atoms with van der Waals surface area (Å²) in [6, 6.07) is 0. The Morgan fingerprint density at radius 3 is 1.20 bits per heavy atom. The van der Waals surface area contributed by atoms with Crippen LogP contribution in [-0.4, -0.2) is 47.6 Å². The van der Waals surface area contributed by atoms with Crippen molar-refractivity contribution in [1.29, 1.82) is 0 Å². The highest BCUT2D eigenvalue weighted by molar-refractivity contribution is 6.23. The SMILES string of the molecule is CCNC(=O)C(C)[SiH3].CCNC(C)=O.CCNC(C)=O. The van der Waals surface area contributed by atoms with Gasteiger partial charge in [-0.1, -0.05) is 6.92 Å². The minimum absolute atomic E-state index is 0.0394. The lowest BCUT2D eigenvalue weighted by molar-refractivity contribution is -0.121. The van der Waals surface area contributed by atoms with Crippen LogP contribution in [-0.2, 0) is 14.4 Å². The summed E-state index contributed by atoms with van der Waals surface area (Å²) in [7, 11) is 0.955. The second-order valence-corrected chi connectivity index (χ2v) is 5.95. The molecule has 1 unspecified atom stereocenters. The molecule has 0 saturated carbocycles. The first-order chi connectivity index (χ1) is 9.22. The molecule has 0 spiro atoms. The van der Waals surface area contributed by atoms with Gasteiger partial charge < -0.3 is 16.0 Å². The molecule has 3 amide bonds. The molecular formula is C13H31N3O3Si. The standard InChI is InChI=1S/C5H13NOSi.2C4H9NO/c1-3-6-5(7)4(2)8;2*1-3-5-4(2)6/h4H,3H2,1-2,8H3,(H,6,7);2*3H2,1-2H3,(H,5,6). The highest BCUT2D eigenvalue weighted by atomic mass is 28.1. The molecule has 0 heterocycles. The fraction of sp³-hybridized carbons (Fsp3) is 0.769. The predicted octanol–water partition coefficient (Wildman–Crippen LogP) is -0.419. The largest absolute Gasteiger partial charge is 0.357 e. The fourth-order valence-electron chi connectivity index (χ4n) is 0.876. The Kier molecular flexibility index (Phi) is 20.9. The van der Waals surface area contributed by atoms with Gasteiger partial charge in [0.05, 0.1) is 0 Å². The van der Waals surface area contributed by atoms with Crippen molar-refractivity contribution in [3.63, 3.8) is 0 Å². The molecule has 0 aromatic heterocycles. The van der Waals surface area contributed by atoms with E-state index in [0.29, 0.717) is 0 Å². The van der Waals surface area contributed by atoms with Crippen molar-refractivity contribution in [2.75, 3.05) is 19.6 Å². The lowest BCUT2D eigenvalue weighted by Gasteiger charge is -2.02. The van der Waals surface area contributed by atoms with E-state index < -0.39 is 0 Å². The number of carbonyl (C=O) groups is 3. The molecule has 7 heteroatoms. The van der Waals surface area contributed by atoms with E-state index in [1.807, 2.05) is 27.7 Å². The zero-order valence-electron chi connectivity index (χ0n) is 13.9. The average Bonchev–Trinajstić information content (AvgIpc) is 2.30. The lowest BCUT2D eigenvalue weighted by atomic mass is 10.4. The summed E-state index contributed by atoms with van der Waals surface area (Å²) >= 11 is 0. The van der Waals surface area contributed by atoms with Crippen molar-refractivity contribution in [2.24, 2.45) is 0 Å². The molecule has 0 bridgehead atoms. The van der Waals surface area contributed by atoms with Crippen molar-refractivity contribution in [2.45, 2.75) is 47.1 Å². The van der Waals surface area contributed by atoms with Crippen LogP contribution in [0, 0.1) is 0 Å². The monoisotopic (exact) mass is 305 g/mol. The molecule has 120 valence electrons. The summed E-state index contributed by atoms with van der Waals surface area (Å²) in [6.45, 7) is 12.9. The summed E-state index contributed by atoms with van der Waals surface area (Å²) in [4.78, 5) is 30.5. The first kappa shape index (κ1) is 23.7. The van der Waals surface area contributed by atoms with Gasteiger partial charge in [0.2, 0.25) is 17.7 Å². The van der Waals surface area contributed by atoms with Crippen LogP contribution < -0.4 is 16.0 Å². The maximum Gasteiger partial charge on any atom is 0.219 e. The molecule has 1 atom stereocenters. The number of carbonyl (C=O) groups excluding carboxylic acids is 3. The second kappa shape index (κ2) is 17.6. The van der Waals surface area contributed by atoms with Crippen LogP contribution in [0.2, 0.25) is 5.54 Å². The minimum atomic E-state index is 0.0394. The van der Waals surface area contributed by atoms with Crippen molar-refractivity contribution >= 4 is 28.0 Å². The fourth-order valence-corrected chi connectivity index (χ4v) is 1.08. The molecule has 0 aliphatic heterocycles. The number of amides is 3. The highest BCUT2D eigenvalue weighted by Gasteiger charge is 2.02. The molecule has 6 nitrogen and oxygen atoms in total. The van der Waals surface area contributed by atoms with Crippen molar-refractivity contribution in [3.8, 4) is 0 Å². The predicted molar refractivity (Wildman–Crippen MR) is 86.8 cm³/mol. The van der Waals surface area contributed by atoms with E-state index in [2.05, 4.69) is 16.0 Å². The van der Waals surface area contributed by atoms with Crippen LogP contribution in [0.3, 0.4) is 0 Å². The molecule has 0 rings (SSSR count). The number of nitrogens with one attached hydrogen (secondary N) is 3. The summed E-state index contributed by atoms with van der Waals surface area (Å²) in [5.74, 6) is 0.272. The summed E-state index contributed by atoms with van der Waals surface area (Å²) < 4.78 is 0. The highest BCUT2D eigenvalue weighted by Crippen LogP contribution is 1.91. The third-order valence-corrected chi connectivity index (χ3v) is 2.25. The zero-order valence-corrected chi connectivity index (χ0v) is 15.9. The normalized spacial score (nSPS) is 9.90. The number of hydrogen-bond donors (Lipinski definition) is 3. The van der Waals surface area contributed by atoms with E-state index in [0.717, 1.165) is 29.9 Å². The number of rotatable bonds is 4. The Balaban J connectivity index is -0.000000221. The Labute approximate surface area is 125 Å². The maximum atomic E-state index is 10.7. The van der Waals surface area contributed by atoms with Gasteiger partial charge in [-0.3, -0.25) is 14.4 Å². The van der Waals surface area contributed by atoms with Gasteiger partial charge in [0, 0.05) is 49.3 Å². The quantitative estimate of drug-likeness (QED) is 0.617. The van der Waals surface area contributed by atoms with Crippen LogP contribution in [0.25, 0.3) is 0 Å². The molecular weight excluding hydrogens is 274 g/mol. The van der Waals surface area contributed by atoms with Crippen LogP contribution in [0.15, 0.2) is 0 Å². The summed E-state index contributed by atoms with van der Waals surface area (Å²) in [6.07, 6.45) is 0. The minimum Gasteiger partial charge on any atom is -0.357 e. The lowest BCUT2D eigenvalue weighted by Crippen LogP contribution is -2.25. The third-order valence-electron chi connectivity index (χ3n) is 1.73. The summed E-state index contributed by atoms with van der Waals surface area (Å²) in [5, 5.41) is 7.88. The van der Waals surface area contributed by atoms with E-state index in [4.69, 9.17) is 0 Å². The smallest absolute Gasteiger partial charge is 0.219 e. The van der Waals surface area contributed by atoms with Crippen LogP contribution in [0.5, 0.6) is 0 Å². The molecule has 0 aromatic carbocycles. The van der Waals surface area contributed by atoms with Gasteiger partial charge in [-0.25, -0.2) is 0 Å². The Hall–Kier alpha value is -1.37. The van der Waals surface area contributed by atoms with Gasteiger partial charge in [0.15, 0.2) is 0 Å². The van der Waals surface area contributed by atoms with E-state index in [1.165, 1.54) is 13.8 Å². The third kappa shape index (κ3) is 30.0. The van der Waals surface area contributed by atoms with E-state index >= 15 is 0 Å². The molecule has 0 fully saturated rings. The Morgan fingerprint density at radius 2 is 1.15 bits per heavy atom. The van der Waals surface area contributed by atoms with E-state index in [-0.39, 0.29) is 23.3 Å². The maximum absolute atomic E-state index is 10.7. The van der Waals surface area contributed by atoms with Crippen molar-refractivity contribution < 1.29 is 14.4 Å². The first-order valence-corrected chi connectivity index (χ1v) is 8.14. The second-order valence-electron chi connectivity index (χ2n) is 4.22. The van der Waals surface area contributed by atoms with E-state index in [1.54, 1.807) is 0 Å². The van der Waals surface area contributed by atoms with Crippen LogP contribution in [0.1, 0.15) is 41.5 Å². The van der Waals surface area contributed by atoms with Gasteiger partial charge in [0.1, 0.15) is 0 Å². The van der Waals surface area contributed by atoms with Crippen molar-refractivity contribution in [1.82, 2.24) is 16.0 Å². The van der Waals surface area contributed by atoms with Crippen LogP contribution in [0.4, 0.5) is 0 Å². The topological polar surface area (TPSA) is 87.3 Å². The summed E-state index contributed by atoms with van der Waals surface area (Å²) in [5.41, 5.74) is 0.259. The first-order valence-electron chi connectivity index (χ1n) is 6.99. The molecule has 0 aliphatic carbocycles. The van der Waals surface area contributed by atoms with Crippen LogP contribution >= 0.6 is 0 Å². The Bertz CT molecular complexity index is 256. The number of hydrogen-bond acceptors (Lipinski definition) is 3. The average molecular weight is 305 g/mol. The molecule has 20 heavy (non-hydrogen) atoms. The zero-order chi connectivity index (χ0) is 16.6. The van der Waals surface area contributed by atoms with Gasteiger partial charge in [-0.2, -0.15) is 0 Å². The van der Waals surface area contributed by atoms with Gasteiger partial charge >= 0.3 is 0 Å². The van der Waals surface area contributed by atoms with Gasteiger partial charge in [-0.15, -0.1) is 0 Å². The molecule has 0 radical (unpaired) electrons.